The number of benzene rings is 2. The van der Waals surface area contributed by atoms with Gasteiger partial charge in [-0.05, 0) is 37.6 Å². The van der Waals surface area contributed by atoms with Crippen molar-refractivity contribution >= 4 is 28.5 Å². The maximum absolute atomic E-state index is 14.3. The summed E-state index contributed by atoms with van der Waals surface area (Å²) in [5, 5.41) is 5.07. The fourth-order valence-corrected chi connectivity index (χ4v) is 3.78. The van der Waals surface area contributed by atoms with E-state index in [1.54, 1.807) is 17.7 Å². The van der Waals surface area contributed by atoms with E-state index in [4.69, 9.17) is 0 Å². The smallest absolute Gasteiger partial charge is 0.267 e. The van der Waals surface area contributed by atoms with Crippen molar-refractivity contribution in [3.8, 4) is 5.69 Å². The minimum Gasteiger partial charge on any atom is -0.268 e. The zero-order chi connectivity index (χ0) is 20.3. The van der Waals surface area contributed by atoms with Gasteiger partial charge in [-0.2, -0.15) is 5.10 Å². The number of hydrogen-bond donors (Lipinski definition) is 0. The van der Waals surface area contributed by atoms with Gasteiger partial charge >= 0.3 is 0 Å². The molecule has 7 heteroatoms. The highest BCUT2D eigenvalue weighted by molar-refractivity contribution is 6.37. The number of pyridine rings is 1. The van der Waals surface area contributed by atoms with Crippen molar-refractivity contribution in [1.82, 2.24) is 14.8 Å². The third-order valence-electron chi connectivity index (χ3n) is 5.16. The molecule has 1 aliphatic heterocycles. The van der Waals surface area contributed by atoms with Crippen LogP contribution in [0.25, 0.3) is 16.7 Å². The maximum atomic E-state index is 14.3. The van der Waals surface area contributed by atoms with Gasteiger partial charge in [0.05, 0.1) is 33.6 Å². The second-order valence-corrected chi connectivity index (χ2v) is 6.93. The number of para-hydroxylation sites is 2. The van der Waals surface area contributed by atoms with Gasteiger partial charge in [0.15, 0.2) is 5.65 Å². The molecule has 0 radical (unpaired) electrons. The van der Waals surface area contributed by atoms with Crippen LogP contribution in [0.3, 0.4) is 0 Å². The lowest BCUT2D eigenvalue weighted by Gasteiger charge is -2.14. The number of fused-ring (bicyclic) bond motifs is 3. The summed E-state index contributed by atoms with van der Waals surface area (Å²) in [4.78, 5) is 31.4. The first-order valence-corrected chi connectivity index (χ1v) is 9.06. The Hall–Kier alpha value is -3.87. The lowest BCUT2D eigenvalue weighted by molar-refractivity contribution is 0.0925. The lowest BCUT2D eigenvalue weighted by Crippen LogP contribution is -2.30. The van der Waals surface area contributed by atoms with E-state index in [-0.39, 0.29) is 16.8 Å². The second kappa shape index (κ2) is 6.07. The number of hydrogen-bond acceptors (Lipinski definition) is 4. The summed E-state index contributed by atoms with van der Waals surface area (Å²) < 4.78 is 16.0. The van der Waals surface area contributed by atoms with Gasteiger partial charge in [0.25, 0.3) is 11.8 Å². The molecule has 142 valence electrons. The van der Waals surface area contributed by atoms with Gasteiger partial charge < -0.3 is 0 Å². The highest BCUT2D eigenvalue weighted by Crippen LogP contribution is 2.35. The molecule has 0 spiro atoms. The van der Waals surface area contributed by atoms with Crippen LogP contribution >= 0.6 is 0 Å². The number of halogens is 1. The van der Waals surface area contributed by atoms with Crippen LogP contribution < -0.4 is 4.90 Å². The summed E-state index contributed by atoms with van der Waals surface area (Å²) in [6.45, 7) is 3.72. The maximum Gasteiger partial charge on any atom is 0.267 e. The minimum atomic E-state index is -0.640. The predicted molar refractivity (Wildman–Crippen MR) is 106 cm³/mol. The summed E-state index contributed by atoms with van der Waals surface area (Å²) in [5.74, 6) is -1.80. The summed E-state index contributed by atoms with van der Waals surface area (Å²) in [6.07, 6.45) is 1.37. The number of anilines is 1. The molecule has 1 aliphatic rings. The number of imide groups is 1. The summed E-state index contributed by atoms with van der Waals surface area (Å²) in [6, 6.07) is 13.4. The minimum absolute atomic E-state index is 0.0733. The van der Waals surface area contributed by atoms with Crippen LogP contribution in [0.5, 0.6) is 0 Å². The summed E-state index contributed by atoms with van der Waals surface area (Å²) >= 11 is 0. The molecule has 0 unspecified atom stereocenters. The Morgan fingerprint density at radius 2 is 1.59 bits per heavy atom. The number of aromatic nitrogens is 3. The monoisotopic (exact) mass is 386 g/mol. The van der Waals surface area contributed by atoms with E-state index in [9.17, 15) is 14.0 Å². The van der Waals surface area contributed by atoms with Crippen molar-refractivity contribution < 1.29 is 14.0 Å². The first-order chi connectivity index (χ1) is 14.0. The Labute approximate surface area is 165 Å². The van der Waals surface area contributed by atoms with Crippen LogP contribution in [-0.4, -0.2) is 26.6 Å². The molecule has 3 heterocycles. The SMILES string of the molecule is Cc1ccccc1-n1nc(C)c2c3c(cnc21)C(=O)N(c1ccccc1F)C3=O. The molecule has 0 N–H and O–H groups in total. The van der Waals surface area contributed by atoms with Crippen LogP contribution in [0, 0.1) is 19.7 Å². The quantitative estimate of drug-likeness (QED) is 0.489. The van der Waals surface area contributed by atoms with Crippen LogP contribution in [-0.2, 0) is 0 Å². The molecule has 0 aliphatic carbocycles. The van der Waals surface area contributed by atoms with Crippen molar-refractivity contribution in [2.45, 2.75) is 13.8 Å². The highest BCUT2D eigenvalue weighted by Gasteiger charge is 2.41. The first-order valence-electron chi connectivity index (χ1n) is 9.06. The van der Waals surface area contributed by atoms with Crippen LogP contribution in [0.1, 0.15) is 32.0 Å². The number of aryl methyl sites for hydroxylation is 2. The van der Waals surface area contributed by atoms with E-state index >= 15 is 0 Å². The van der Waals surface area contributed by atoms with Crippen LogP contribution in [0.2, 0.25) is 0 Å². The molecule has 6 nitrogen and oxygen atoms in total. The van der Waals surface area contributed by atoms with Gasteiger partial charge in [0, 0.05) is 6.20 Å². The predicted octanol–water partition coefficient (Wildman–Crippen LogP) is 3.98. The van der Waals surface area contributed by atoms with Crippen LogP contribution in [0.15, 0.2) is 54.7 Å². The van der Waals surface area contributed by atoms with Gasteiger partial charge in [0.1, 0.15) is 5.82 Å². The number of amides is 2. The van der Waals surface area contributed by atoms with Crippen molar-refractivity contribution in [2.24, 2.45) is 0 Å². The fourth-order valence-electron chi connectivity index (χ4n) is 3.78. The van der Waals surface area contributed by atoms with Gasteiger partial charge in [-0.3, -0.25) is 9.59 Å². The molecule has 2 aromatic carbocycles. The molecule has 29 heavy (non-hydrogen) atoms. The zero-order valence-electron chi connectivity index (χ0n) is 15.7. The molecule has 0 fully saturated rings. The molecule has 0 atom stereocenters. The third kappa shape index (κ3) is 2.34. The third-order valence-corrected chi connectivity index (χ3v) is 5.16. The molecule has 0 bridgehead atoms. The van der Waals surface area contributed by atoms with E-state index in [0.717, 1.165) is 16.2 Å². The second-order valence-electron chi connectivity index (χ2n) is 6.93. The standard InChI is InChI=1S/C22H15FN4O2/c1-12-7-3-5-9-16(12)27-20-18(13(2)25-27)19-14(11-24-20)21(28)26(22(19)29)17-10-6-4-8-15(17)23/h3-11H,1-2H3. The van der Waals surface area contributed by atoms with Crippen LogP contribution in [0.4, 0.5) is 10.1 Å². The molecule has 0 saturated carbocycles. The molecule has 2 amide bonds. The molecule has 2 aromatic heterocycles. The molecule has 4 aromatic rings. The Morgan fingerprint density at radius 3 is 2.31 bits per heavy atom. The summed E-state index contributed by atoms with van der Waals surface area (Å²) in [7, 11) is 0. The van der Waals surface area contributed by atoms with Crippen molar-refractivity contribution in [3.63, 3.8) is 0 Å². The summed E-state index contributed by atoms with van der Waals surface area (Å²) in [5.41, 5.74) is 3.17. The zero-order valence-corrected chi connectivity index (χ0v) is 15.7. The Morgan fingerprint density at radius 1 is 0.897 bits per heavy atom. The van der Waals surface area contributed by atoms with Gasteiger partial charge in [0.2, 0.25) is 0 Å². The van der Waals surface area contributed by atoms with Gasteiger partial charge in [-0.25, -0.2) is 19.0 Å². The van der Waals surface area contributed by atoms with Gasteiger partial charge in [-0.1, -0.05) is 30.3 Å². The largest absolute Gasteiger partial charge is 0.268 e. The van der Waals surface area contributed by atoms with Crippen molar-refractivity contribution in [3.05, 3.63) is 82.9 Å². The number of nitrogens with zero attached hydrogens (tertiary/aromatic N) is 4. The number of carbonyl (C=O) groups excluding carboxylic acids is 2. The van der Waals surface area contributed by atoms with E-state index in [1.165, 1.54) is 24.4 Å². The number of carbonyl (C=O) groups is 2. The lowest BCUT2D eigenvalue weighted by atomic mass is 10.1. The first kappa shape index (κ1) is 17.2. The molecular formula is C22H15FN4O2. The van der Waals surface area contributed by atoms with E-state index in [2.05, 4.69) is 10.1 Å². The van der Waals surface area contributed by atoms with Gasteiger partial charge in [-0.15, -0.1) is 0 Å². The average molecular weight is 386 g/mol. The van der Waals surface area contributed by atoms with E-state index in [1.807, 2.05) is 31.2 Å². The number of rotatable bonds is 2. The highest BCUT2D eigenvalue weighted by atomic mass is 19.1. The van der Waals surface area contributed by atoms with Crippen molar-refractivity contribution in [1.29, 1.82) is 0 Å². The normalized spacial score (nSPS) is 13.4. The average Bonchev–Trinajstić information content (AvgIpc) is 3.17. The topological polar surface area (TPSA) is 68.1 Å². The van der Waals surface area contributed by atoms with Crippen molar-refractivity contribution in [2.75, 3.05) is 4.90 Å². The molecule has 0 saturated heterocycles. The Kier molecular flexibility index (Phi) is 3.61. The van der Waals surface area contributed by atoms with E-state index in [0.29, 0.717) is 16.7 Å². The van der Waals surface area contributed by atoms with E-state index < -0.39 is 17.6 Å². The Balaban J connectivity index is 1.76. The molecular weight excluding hydrogens is 371 g/mol. The molecule has 5 rings (SSSR count). The fraction of sp³-hybridized carbons (Fsp3) is 0.0909. The Bertz CT molecular complexity index is 1340.